The molecular formula is C24H22FN5O. The first kappa shape index (κ1) is 20.3. The molecule has 1 aromatic carbocycles. The minimum Gasteiger partial charge on any atom is -0.338 e. The monoisotopic (exact) mass is 415 g/mol. The summed E-state index contributed by atoms with van der Waals surface area (Å²) in [4.78, 5) is 16.7. The van der Waals surface area contributed by atoms with Gasteiger partial charge in [-0.05, 0) is 54.3 Å². The van der Waals surface area contributed by atoms with Crippen molar-refractivity contribution in [3.8, 4) is 11.1 Å². The number of amides is 2. The van der Waals surface area contributed by atoms with Crippen molar-refractivity contribution in [2.24, 2.45) is 0 Å². The number of nitrogens with zero attached hydrogens (tertiary/aromatic N) is 3. The summed E-state index contributed by atoms with van der Waals surface area (Å²) in [5, 5.41) is 10.0. The first-order chi connectivity index (χ1) is 15.0. The van der Waals surface area contributed by atoms with E-state index in [4.69, 9.17) is 0 Å². The average molecular weight is 415 g/mol. The minimum absolute atomic E-state index is 0.284. The second kappa shape index (κ2) is 8.39. The Morgan fingerprint density at radius 1 is 1.16 bits per heavy atom. The number of fused-ring (bicyclic) bond motifs is 1. The van der Waals surface area contributed by atoms with Crippen molar-refractivity contribution >= 4 is 17.3 Å². The number of allylic oxidation sites excluding steroid dienone is 5. The molecule has 31 heavy (non-hydrogen) atoms. The molecule has 6 nitrogen and oxygen atoms in total. The Labute approximate surface area is 179 Å². The van der Waals surface area contributed by atoms with Gasteiger partial charge < -0.3 is 10.6 Å². The number of carbonyl (C=O) groups is 1. The molecule has 1 aliphatic carbocycles. The van der Waals surface area contributed by atoms with Crippen LogP contribution < -0.4 is 10.6 Å². The predicted octanol–water partition coefficient (Wildman–Crippen LogP) is 4.64. The van der Waals surface area contributed by atoms with Crippen LogP contribution in [0.4, 0.5) is 9.18 Å². The van der Waals surface area contributed by atoms with E-state index < -0.39 is 0 Å². The molecule has 0 bridgehead atoms. The predicted molar refractivity (Wildman–Crippen MR) is 120 cm³/mol. The maximum absolute atomic E-state index is 13.2. The smallest absolute Gasteiger partial charge is 0.319 e. The van der Waals surface area contributed by atoms with Crippen molar-refractivity contribution in [1.82, 2.24) is 25.2 Å². The molecule has 2 N–H and O–H groups in total. The van der Waals surface area contributed by atoms with E-state index in [1.807, 2.05) is 38.3 Å². The standard InChI is InChI=1S/C24H22FN5O/c1-4-26-24(31)29-22-11-18(6-5-15(2)16(22)3)21-13-28-30-14-19(12-27-23(21)30)17-7-9-20(25)10-8-17/h5-14H,3-4H2,1-2H3,(H2,26,29,31). The van der Waals surface area contributed by atoms with Gasteiger partial charge in [-0.25, -0.2) is 18.7 Å². The van der Waals surface area contributed by atoms with Gasteiger partial charge in [-0.3, -0.25) is 0 Å². The molecule has 0 radical (unpaired) electrons. The highest BCUT2D eigenvalue weighted by Crippen LogP contribution is 2.29. The van der Waals surface area contributed by atoms with E-state index in [9.17, 15) is 9.18 Å². The Kier molecular flexibility index (Phi) is 5.49. The van der Waals surface area contributed by atoms with E-state index in [0.29, 0.717) is 17.9 Å². The van der Waals surface area contributed by atoms with E-state index in [-0.39, 0.29) is 11.8 Å². The van der Waals surface area contributed by atoms with Crippen LogP contribution in [0.25, 0.3) is 22.3 Å². The van der Waals surface area contributed by atoms with Crippen LogP contribution in [0.1, 0.15) is 19.4 Å². The molecular weight excluding hydrogens is 393 g/mol. The summed E-state index contributed by atoms with van der Waals surface area (Å²) in [5.74, 6) is -0.284. The molecule has 7 heteroatoms. The molecule has 0 fully saturated rings. The molecule has 4 rings (SSSR count). The summed E-state index contributed by atoms with van der Waals surface area (Å²) in [7, 11) is 0. The van der Waals surface area contributed by atoms with Crippen molar-refractivity contribution in [1.29, 1.82) is 0 Å². The molecule has 2 aromatic heterocycles. The van der Waals surface area contributed by atoms with Crippen LogP contribution in [0.15, 0.2) is 84.5 Å². The summed E-state index contributed by atoms with van der Waals surface area (Å²) in [5.41, 5.74) is 6.32. The fourth-order valence-corrected chi connectivity index (χ4v) is 3.29. The number of hydrogen-bond acceptors (Lipinski definition) is 3. The van der Waals surface area contributed by atoms with Crippen molar-refractivity contribution in [2.75, 3.05) is 6.54 Å². The van der Waals surface area contributed by atoms with Crippen molar-refractivity contribution in [2.45, 2.75) is 13.8 Å². The molecule has 0 saturated heterocycles. The van der Waals surface area contributed by atoms with Crippen LogP contribution in [0.3, 0.4) is 0 Å². The molecule has 0 aliphatic heterocycles. The maximum Gasteiger partial charge on any atom is 0.319 e. The molecule has 156 valence electrons. The SMILES string of the molecule is C=C1C(C)=CC=C(c2cnn3cc(-c4ccc(F)cc4)cnc23)C=C1NC(=O)NCC. The van der Waals surface area contributed by atoms with E-state index in [1.54, 1.807) is 29.0 Å². The normalized spacial score (nSPS) is 13.9. The van der Waals surface area contributed by atoms with Gasteiger partial charge in [-0.15, -0.1) is 0 Å². The summed E-state index contributed by atoms with van der Waals surface area (Å²) >= 11 is 0. The zero-order valence-corrected chi connectivity index (χ0v) is 17.3. The van der Waals surface area contributed by atoms with Gasteiger partial charge in [-0.2, -0.15) is 5.10 Å². The Morgan fingerprint density at radius 2 is 1.94 bits per heavy atom. The van der Waals surface area contributed by atoms with Crippen LogP contribution in [0, 0.1) is 5.82 Å². The zero-order valence-electron chi connectivity index (χ0n) is 17.3. The number of aromatic nitrogens is 3. The van der Waals surface area contributed by atoms with E-state index >= 15 is 0 Å². The summed E-state index contributed by atoms with van der Waals surface area (Å²) < 4.78 is 14.9. The number of rotatable bonds is 4. The van der Waals surface area contributed by atoms with Gasteiger partial charge in [-0.1, -0.05) is 30.9 Å². The fraction of sp³-hybridized carbons (Fsp3) is 0.125. The lowest BCUT2D eigenvalue weighted by molar-refractivity contribution is 0.244. The third kappa shape index (κ3) is 4.16. The van der Waals surface area contributed by atoms with Crippen molar-refractivity contribution < 1.29 is 9.18 Å². The van der Waals surface area contributed by atoms with Gasteiger partial charge in [0.05, 0.1) is 6.20 Å². The quantitative estimate of drug-likeness (QED) is 0.652. The first-order valence-corrected chi connectivity index (χ1v) is 9.90. The number of urea groups is 1. The van der Waals surface area contributed by atoms with Gasteiger partial charge in [0, 0.05) is 35.8 Å². The second-order valence-corrected chi connectivity index (χ2v) is 7.17. The molecule has 0 atom stereocenters. The Balaban J connectivity index is 1.73. The van der Waals surface area contributed by atoms with Crippen LogP contribution in [-0.2, 0) is 0 Å². The van der Waals surface area contributed by atoms with Gasteiger partial charge in [0.25, 0.3) is 0 Å². The molecule has 0 unspecified atom stereocenters. The van der Waals surface area contributed by atoms with E-state index in [0.717, 1.165) is 33.4 Å². The van der Waals surface area contributed by atoms with Crippen LogP contribution in [0.2, 0.25) is 0 Å². The van der Waals surface area contributed by atoms with Gasteiger partial charge >= 0.3 is 6.03 Å². The third-order valence-corrected chi connectivity index (χ3v) is 5.04. The highest BCUT2D eigenvalue weighted by Gasteiger charge is 2.16. The lowest BCUT2D eigenvalue weighted by Crippen LogP contribution is -2.35. The highest BCUT2D eigenvalue weighted by atomic mass is 19.1. The van der Waals surface area contributed by atoms with Gasteiger partial charge in [0.2, 0.25) is 0 Å². The first-order valence-electron chi connectivity index (χ1n) is 9.90. The number of hydrogen-bond donors (Lipinski definition) is 2. The summed E-state index contributed by atoms with van der Waals surface area (Å²) in [6.07, 6.45) is 11.1. The largest absolute Gasteiger partial charge is 0.338 e. The number of halogens is 1. The zero-order chi connectivity index (χ0) is 22.0. The molecule has 2 amide bonds. The van der Waals surface area contributed by atoms with Crippen LogP contribution in [0.5, 0.6) is 0 Å². The molecule has 3 aromatic rings. The summed E-state index contributed by atoms with van der Waals surface area (Å²) in [6, 6.07) is 5.96. The fourth-order valence-electron chi connectivity index (χ4n) is 3.29. The molecule has 0 saturated carbocycles. The van der Waals surface area contributed by atoms with Crippen LogP contribution in [-0.4, -0.2) is 27.2 Å². The Bertz CT molecular complexity index is 1260. The maximum atomic E-state index is 13.2. The minimum atomic E-state index is -0.286. The Hall–Kier alpha value is -4.00. The molecule has 2 heterocycles. The summed E-state index contributed by atoms with van der Waals surface area (Å²) in [6.45, 7) is 8.43. The topological polar surface area (TPSA) is 71.3 Å². The number of benzene rings is 1. The Morgan fingerprint density at radius 3 is 2.68 bits per heavy atom. The molecule has 0 spiro atoms. The lowest BCUT2D eigenvalue weighted by atomic mass is 10.1. The highest BCUT2D eigenvalue weighted by molar-refractivity contribution is 5.87. The third-order valence-electron chi connectivity index (χ3n) is 5.04. The van der Waals surface area contributed by atoms with Crippen molar-refractivity contribution in [3.05, 3.63) is 95.9 Å². The average Bonchev–Trinajstić information content (AvgIpc) is 3.13. The number of nitrogens with one attached hydrogen (secondary N) is 2. The molecule has 1 aliphatic rings. The van der Waals surface area contributed by atoms with Crippen LogP contribution >= 0.6 is 0 Å². The number of carbonyl (C=O) groups excluding carboxylic acids is 1. The van der Waals surface area contributed by atoms with Gasteiger partial charge in [0.1, 0.15) is 5.82 Å². The van der Waals surface area contributed by atoms with E-state index in [1.165, 1.54) is 12.1 Å². The second-order valence-electron chi connectivity index (χ2n) is 7.17. The lowest BCUT2D eigenvalue weighted by Gasteiger charge is -2.13. The van der Waals surface area contributed by atoms with E-state index in [2.05, 4.69) is 27.3 Å². The van der Waals surface area contributed by atoms with Gasteiger partial charge in [0.15, 0.2) is 5.65 Å². The van der Waals surface area contributed by atoms with Crippen molar-refractivity contribution in [3.63, 3.8) is 0 Å².